The standard InChI is InChI=1S/C21H23N3O/c1-3-23-19-12-8-7-11-18(19)22-21(23)17-13-20(25)24(14-17)15(2)16-9-5-4-6-10-16/h4-12,15,17H,3,13-14H2,1-2H3. The van der Waals surface area contributed by atoms with Crippen LogP contribution in [0, 0.1) is 0 Å². The lowest BCUT2D eigenvalue weighted by Gasteiger charge is -2.25. The summed E-state index contributed by atoms with van der Waals surface area (Å²) in [6.07, 6.45) is 0.542. The molecule has 0 N–H and O–H groups in total. The molecule has 4 nitrogen and oxygen atoms in total. The predicted molar refractivity (Wildman–Crippen MR) is 99.3 cm³/mol. The van der Waals surface area contributed by atoms with Crippen LogP contribution < -0.4 is 0 Å². The molecule has 3 aromatic rings. The van der Waals surface area contributed by atoms with Crippen molar-refractivity contribution in [2.24, 2.45) is 0 Å². The zero-order chi connectivity index (χ0) is 17.4. The molecule has 0 radical (unpaired) electrons. The van der Waals surface area contributed by atoms with Crippen molar-refractivity contribution in [3.63, 3.8) is 0 Å². The van der Waals surface area contributed by atoms with E-state index in [0.717, 1.165) is 29.9 Å². The van der Waals surface area contributed by atoms with Gasteiger partial charge >= 0.3 is 0 Å². The van der Waals surface area contributed by atoms with Crippen molar-refractivity contribution in [2.45, 2.75) is 38.8 Å². The number of carbonyl (C=O) groups excluding carboxylic acids is 1. The van der Waals surface area contributed by atoms with Gasteiger partial charge in [0.15, 0.2) is 0 Å². The van der Waals surface area contributed by atoms with Crippen LogP contribution in [0.3, 0.4) is 0 Å². The number of likely N-dealkylation sites (tertiary alicyclic amines) is 1. The number of carbonyl (C=O) groups is 1. The van der Waals surface area contributed by atoms with Crippen molar-refractivity contribution in [1.82, 2.24) is 14.5 Å². The lowest BCUT2D eigenvalue weighted by Crippen LogP contribution is -2.28. The molecule has 0 spiro atoms. The fourth-order valence-corrected chi connectivity index (χ4v) is 3.93. The zero-order valence-corrected chi connectivity index (χ0v) is 14.7. The Hall–Kier alpha value is -2.62. The van der Waals surface area contributed by atoms with Crippen LogP contribution in [0.5, 0.6) is 0 Å². The van der Waals surface area contributed by atoms with Gasteiger partial charge in [0.25, 0.3) is 0 Å². The third kappa shape index (κ3) is 2.72. The molecule has 1 amide bonds. The van der Waals surface area contributed by atoms with E-state index in [4.69, 9.17) is 4.98 Å². The van der Waals surface area contributed by atoms with Gasteiger partial charge in [0, 0.05) is 25.4 Å². The molecule has 4 heteroatoms. The van der Waals surface area contributed by atoms with Crippen LogP contribution in [-0.2, 0) is 11.3 Å². The third-order valence-electron chi connectivity index (χ3n) is 5.27. The normalized spacial score (nSPS) is 18.9. The SMILES string of the molecule is CCn1c(C2CC(=O)N(C(C)c3ccccc3)C2)nc2ccccc21. The summed E-state index contributed by atoms with van der Waals surface area (Å²) >= 11 is 0. The van der Waals surface area contributed by atoms with Gasteiger partial charge in [-0.15, -0.1) is 0 Å². The van der Waals surface area contributed by atoms with Crippen molar-refractivity contribution >= 4 is 16.9 Å². The van der Waals surface area contributed by atoms with Crippen molar-refractivity contribution in [2.75, 3.05) is 6.54 Å². The van der Waals surface area contributed by atoms with E-state index in [9.17, 15) is 4.79 Å². The highest BCUT2D eigenvalue weighted by molar-refractivity contribution is 5.81. The quantitative estimate of drug-likeness (QED) is 0.720. The molecule has 1 saturated heterocycles. The van der Waals surface area contributed by atoms with E-state index in [-0.39, 0.29) is 17.9 Å². The van der Waals surface area contributed by atoms with Crippen molar-refractivity contribution in [3.05, 3.63) is 66.0 Å². The molecule has 2 heterocycles. The number of hydrogen-bond donors (Lipinski definition) is 0. The summed E-state index contributed by atoms with van der Waals surface area (Å²) in [6.45, 7) is 5.85. The number of aromatic nitrogens is 2. The highest BCUT2D eigenvalue weighted by Crippen LogP contribution is 2.34. The fraction of sp³-hybridized carbons (Fsp3) is 0.333. The summed E-state index contributed by atoms with van der Waals surface area (Å²) in [7, 11) is 0. The summed E-state index contributed by atoms with van der Waals surface area (Å²) in [4.78, 5) is 19.5. The minimum atomic E-state index is 0.0955. The molecule has 0 bridgehead atoms. The maximum absolute atomic E-state index is 12.7. The number of benzene rings is 2. The second kappa shape index (κ2) is 6.36. The minimum Gasteiger partial charge on any atom is -0.335 e. The number of imidazole rings is 1. The largest absolute Gasteiger partial charge is 0.335 e. The summed E-state index contributed by atoms with van der Waals surface area (Å²) in [5.74, 6) is 1.42. The molecule has 0 saturated carbocycles. The van der Waals surface area contributed by atoms with Crippen molar-refractivity contribution < 1.29 is 4.79 Å². The maximum atomic E-state index is 12.7. The van der Waals surface area contributed by atoms with Gasteiger partial charge in [-0.1, -0.05) is 42.5 Å². The Bertz CT molecular complexity index is 900. The van der Waals surface area contributed by atoms with Gasteiger partial charge in [0.05, 0.1) is 17.1 Å². The molecule has 1 fully saturated rings. The van der Waals surface area contributed by atoms with Crippen LogP contribution in [0.4, 0.5) is 0 Å². The van der Waals surface area contributed by atoms with Gasteiger partial charge in [-0.2, -0.15) is 0 Å². The lowest BCUT2D eigenvalue weighted by molar-refractivity contribution is -0.129. The van der Waals surface area contributed by atoms with E-state index in [2.05, 4.69) is 36.6 Å². The van der Waals surface area contributed by atoms with Crippen LogP contribution in [-0.4, -0.2) is 26.9 Å². The highest BCUT2D eigenvalue weighted by Gasteiger charge is 2.36. The zero-order valence-electron chi connectivity index (χ0n) is 14.7. The molecule has 128 valence electrons. The Labute approximate surface area is 148 Å². The van der Waals surface area contributed by atoms with Gasteiger partial charge in [-0.05, 0) is 31.5 Å². The molecular formula is C21H23N3O. The number of hydrogen-bond acceptors (Lipinski definition) is 2. The number of fused-ring (bicyclic) bond motifs is 1. The first-order valence-electron chi connectivity index (χ1n) is 8.98. The van der Waals surface area contributed by atoms with Crippen LogP contribution in [0.2, 0.25) is 0 Å². The van der Waals surface area contributed by atoms with E-state index in [1.165, 1.54) is 5.56 Å². The monoisotopic (exact) mass is 333 g/mol. The minimum absolute atomic E-state index is 0.0955. The second-order valence-corrected chi connectivity index (χ2v) is 6.74. The van der Waals surface area contributed by atoms with Crippen LogP contribution in [0.15, 0.2) is 54.6 Å². The van der Waals surface area contributed by atoms with Gasteiger partial charge in [0.2, 0.25) is 5.91 Å². The molecular weight excluding hydrogens is 310 g/mol. The number of nitrogens with zero attached hydrogens (tertiary/aromatic N) is 3. The first-order chi connectivity index (χ1) is 12.2. The van der Waals surface area contributed by atoms with E-state index in [1.54, 1.807) is 0 Å². The topological polar surface area (TPSA) is 38.1 Å². The fourth-order valence-electron chi connectivity index (χ4n) is 3.93. The Morgan fingerprint density at radius 1 is 1.12 bits per heavy atom. The van der Waals surface area contributed by atoms with Crippen LogP contribution in [0.25, 0.3) is 11.0 Å². The molecule has 1 aliphatic rings. The van der Waals surface area contributed by atoms with E-state index >= 15 is 0 Å². The summed E-state index contributed by atoms with van der Waals surface area (Å²) in [5.41, 5.74) is 3.35. The Morgan fingerprint density at radius 3 is 2.60 bits per heavy atom. The Balaban J connectivity index is 1.64. The average Bonchev–Trinajstić information content (AvgIpc) is 3.22. The smallest absolute Gasteiger partial charge is 0.223 e. The van der Waals surface area contributed by atoms with Crippen molar-refractivity contribution in [3.8, 4) is 0 Å². The summed E-state index contributed by atoms with van der Waals surface area (Å²) < 4.78 is 2.25. The van der Waals surface area contributed by atoms with Crippen LogP contribution >= 0.6 is 0 Å². The van der Waals surface area contributed by atoms with E-state index < -0.39 is 0 Å². The third-order valence-corrected chi connectivity index (χ3v) is 5.27. The molecule has 0 aliphatic carbocycles. The van der Waals surface area contributed by atoms with Gasteiger partial charge in [-0.25, -0.2) is 4.98 Å². The van der Waals surface area contributed by atoms with Crippen molar-refractivity contribution in [1.29, 1.82) is 0 Å². The molecule has 1 aliphatic heterocycles. The Morgan fingerprint density at radius 2 is 1.84 bits per heavy atom. The molecule has 1 aromatic heterocycles. The van der Waals surface area contributed by atoms with Gasteiger partial charge in [0.1, 0.15) is 5.82 Å². The average molecular weight is 333 g/mol. The maximum Gasteiger partial charge on any atom is 0.223 e. The number of aryl methyl sites for hydroxylation is 1. The molecule has 25 heavy (non-hydrogen) atoms. The second-order valence-electron chi connectivity index (χ2n) is 6.74. The Kier molecular flexibility index (Phi) is 4.04. The van der Waals surface area contributed by atoms with Gasteiger partial charge in [-0.3, -0.25) is 4.79 Å². The van der Waals surface area contributed by atoms with E-state index in [0.29, 0.717) is 6.42 Å². The van der Waals surface area contributed by atoms with Gasteiger partial charge < -0.3 is 9.47 Å². The molecule has 2 atom stereocenters. The van der Waals surface area contributed by atoms with Crippen LogP contribution in [0.1, 0.15) is 43.6 Å². The molecule has 2 aromatic carbocycles. The lowest BCUT2D eigenvalue weighted by atomic mass is 10.1. The van der Waals surface area contributed by atoms with E-state index in [1.807, 2.05) is 41.3 Å². The molecule has 2 unspecified atom stereocenters. The first kappa shape index (κ1) is 15.9. The number of para-hydroxylation sites is 2. The number of amides is 1. The predicted octanol–water partition coefficient (Wildman–Crippen LogP) is 4.13. The summed E-state index contributed by atoms with van der Waals surface area (Å²) in [6, 6.07) is 18.6. The molecule has 4 rings (SSSR count). The summed E-state index contributed by atoms with van der Waals surface area (Å²) in [5, 5.41) is 0. The number of rotatable bonds is 4. The highest BCUT2D eigenvalue weighted by atomic mass is 16.2. The first-order valence-corrected chi connectivity index (χ1v) is 8.98.